The van der Waals surface area contributed by atoms with Crippen molar-refractivity contribution in [3.05, 3.63) is 22.8 Å². The Hall–Kier alpha value is -1.27. The first-order chi connectivity index (χ1) is 7.20. The second-order valence-corrected chi connectivity index (χ2v) is 4.00. The lowest BCUT2D eigenvalue weighted by atomic mass is 10.3. The molecule has 1 amide bonds. The van der Waals surface area contributed by atoms with Crippen molar-refractivity contribution < 1.29 is 4.79 Å². The number of hydrogen-bond donors (Lipinski definition) is 1. The molecule has 0 unspecified atom stereocenters. The van der Waals surface area contributed by atoms with Gasteiger partial charge in [0.1, 0.15) is 0 Å². The van der Waals surface area contributed by atoms with Gasteiger partial charge >= 0.3 is 0 Å². The number of aromatic nitrogens is 1. The Morgan fingerprint density at radius 3 is 2.87 bits per heavy atom. The van der Waals surface area contributed by atoms with E-state index in [0.717, 1.165) is 4.47 Å². The van der Waals surface area contributed by atoms with Gasteiger partial charge in [-0.05, 0) is 28.1 Å². The van der Waals surface area contributed by atoms with Gasteiger partial charge in [0, 0.05) is 17.2 Å². The molecule has 0 saturated carbocycles. The van der Waals surface area contributed by atoms with E-state index in [1.807, 2.05) is 6.07 Å². The topological polar surface area (TPSA) is 71.6 Å². The first-order valence-corrected chi connectivity index (χ1v) is 5.21. The first-order valence-electron chi connectivity index (χ1n) is 4.41. The standard InChI is InChI=1S/C9H9BrN4O/c10-6-1-2-8(12-5-6)14-9(15)3-7(4-11)13-14/h1-2,5H,3-4,11H2. The van der Waals surface area contributed by atoms with E-state index in [2.05, 4.69) is 26.0 Å². The van der Waals surface area contributed by atoms with Crippen molar-refractivity contribution in [3.63, 3.8) is 0 Å². The van der Waals surface area contributed by atoms with Gasteiger partial charge in [0.05, 0.1) is 12.1 Å². The molecule has 2 N–H and O–H groups in total. The van der Waals surface area contributed by atoms with Crippen LogP contribution in [0.2, 0.25) is 0 Å². The summed E-state index contributed by atoms with van der Waals surface area (Å²) in [6.07, 6.45) is 1.91. The number of halogens is 1. The Morgan fingerprint density at radius 1 is 1.53 bits per heavy atom. The lowest BCUT2D eigenvalue weighted by Crippen LogP contribution is -2.20. The fourth-order valence-electron chi connectivity index (χ4n) is 1.27. The molecule has 0 aromatic carbocycles. The summed E-state index contributed by atoms with van der Waals surface area (Å²) in [5.74, 6) is 0.428. The van der Waals surface area contributed by atoms with E-state index in [1.54, 1.807) is 12.3 Å². The number of anilines is 1. The van der Waals surface area contributed by atoms with Crippen LogP contribution in [0.1, 0.15) is 6.42 Å². The SMILES string of the molecule is NCC1=NN(c2ccc(Br)cn2)C(=O)C1. The molecule has 1 aliphatic rings. The van der Waals surface area contributed by atoms with Gasteiger partial charge in [-0.15, -0.1) is 0 Å². The maximum atomic E-state index is 11.5. The van der Waals surface area contributed by atoms with E-state index in [-0.39, 0.29) is 12.3 Å². The minimum atomic E-state index is -0.0923. The molecule has 5 nitrogen and oxygen atoms in total. The third-order valence-electron chi connectivity index (χ3n) is 2.00. The molecule has 15 heavy (non-hydrogen) atoms. The number of pyridine rings is 1. The van der Waals surface area contributed by atoms with Crippen molar-refractivity contribution in [2.24, 2.45) is 10.8 Å². The Morgan fingerprint density at radius 2 is 2.33 bits per heavy atom. The summed E-state index contributed by atoms with van der Waals surface area (Å²) in [6, 6.07) is 3.54. The van der Waals surface area contributed by atoms with E-state index in [9.17, 15) is 4.79 Å². The van der Waals surface area contributed by atoms with Crippen molar-refractivity contribution in [3.8, 4) is 0 Å². The van der Waals surface area contributed by atoms with E-state index >= 15 is 0 Å². The van der Waals surface area contributed by atoms with Crippen LogP contribution in [0, 0.1) is 0 Å². The lowest BCUT2D eigenvalue weighted by molar-refractivity contribution is -0.116. The van der Waals surface area contributed by atoms with Crippen LogP contribution in [0.4, 0.5) is 5.82 Å². The van der Waals surface area contributed by atoms with Crippen molar-refractivity contribution in [1.82, 2.24) is 4.98 Å². The predicted octanol–water partition coefficient (Wildman–Crippen LogP) is 0.895. The Balaban J connectivity index is 2.28. The smallest absolute Gasteiger partial charge is 0.254 e. The fraction of sp³-hybridized carbons (Fsp3) is 0.222. The number of hydrogen-bond acceptors (Lipinski definition) is 4. The summed E-state index contributed by atoms with van der Waals surface area (Å²) in [5.41, 5.74) is 6.11. The number of rotatable bonds is 2. The molecule has 0 bridgehead atoms. The first kappa shape index (κ1) is 10.3. The highest BCUT2D eigenvalue weighted by atomic mass is 79.9. The summed E-state index contributed by atoms with van der Waals surface area (Å²) >= 11 is 3.27. The molecular formula is C9H9BrN4O. The summed E-state index contributed by atoms with van der Waals surface area (Å²) in [7, 11) is 0. The molecule has 6 heteroatoms. The number of nitrogens with zero attached hydrogens (tertiary/aromatic N) is 3. The van der Waals surface area contributed by atoms with Gasteiger partial charge in [0.2, 0.25) is 0 Å². The van der Waals surface area contributed by atoms with Crippen LogP contribution in [-0.4, -0.2) is 23.1 Å². The Labute approximate surface area is 95.1 Å². The monoisotopic (exact) mass is 268 g/mol. The second kappa shape index (κ2) is 4.08. The van der Waals surface area contributed by atoms with Gasteiger partial charge in [-0.25, -0.2) is 4.98 Å². The number of nitrogens with two attached hydrogens (primary N) is 1. The van der Waals surface area contributed by atoms with Gasteiger partial charge in [0.25, 0.3) is 5.91 Å². The van der Waals surface area contributed by atoms with Crippen LogP contribution < -0.4 is 10.7 Å². The van der Waals surface area contributed by atoms with Crippen molar-refractivity contribution in [2.45, 2.75) is 6.42 Å². The lowest BCUT2D eigenvalue weighted by Gasteiger charge is -2.09. The molecular weight excluding hydrogens is 260 g/mol. The zero-order valence-electron chi connectivity index (χ0n) is 7.85. The third-order valence-corrected chi connectivity index (χ3v) is 2.47. The highest BCUT2D eigenvalue weighted by molar-refractivity contribution is 9.10. The zero-order chi connectivity index (χ0) is 10.8. The average molecular weight is 269 g/mol. The predicted molar refractivity (Wildman–Crippen MR) is 60.5 cm³/mol. The van der Waals surface area contributed by atoms with E-state index in [0.29, 0.717) is 18.1 Å². The molecule has 0 saturated heterocycles. The molecule has 1 aromatic rings. The van der Waals surface area contributed by atoms with Crippen LogP contribution in [0.3, 0.4) is 0 Å². The molecule has 0 atom stereocenters. The summed E-state index contributed by atoms with van der Waals surface area (Å²) in [6.45, 7) is 0.304. The molecule has 1 aromatic heterocycles. The van der Waals surface area contributed by atoms with Crippen LogP contribution >= 0.6 is 15.9 Å². The van der Waals surface area contributed by atoms with Crippen molar-refractivity contribution in [1.29, 1.82) is 0 Å². The van der Waals surface area contributed by atoms with E-state index in [4.69, 9.17) is 5.73 Å². The van der Waals surface area contributed by atoms with Crippen LogP contribution in [-0.2, 0) is 4.79 Å². The van der Waals surface area contributed by atoms with Gasteiger partial charge in [-0.2, -0.15) is 10.1 Å². The van der Waals surface area contributed by atoms with E-state index in [1.165, 1.54) is 5.01 Å². The minimum Gasteiger partial charge on any atom is -0.325 e. The summed E-state index contributed by atoms with van der Waals surface area (Å²) in [5, 5.41) is 5.37. The molecule has 0 spiro atoms. The Kier molecular flexibility index (Phi) is 2.79. The largest absolute Gasteiger partial charge is 0.325 e. The van der Waals surface area contributed by atoms with E-state index < -0.39 is 0 Å². The van der Waals surface area contributed by atoms with Gasteiger partial charge in [-0.3, -0.25) is 4.79 Å². The zero-order valence-corrected chi connectivity index (χ0v) is 9.44. The molecule has 0 fully saturated rings. The maximum absolute atomic E-state index is 11.5. The number of carbonyl (C=O) groups excluding carboxylic acids is 1. The Bertz CT molecular complexity index is 415. The third kappa shape index (κ3) is 2.05. The molecule has 0 radical (unpaired) electrons. The molecule has 1 aliphatic heterocycles. The average Bonchev–Trinajstić information content (AvgIpc) is 2.61. The minimum absolute atomic E-state index is 0.0923. The maximum Gasteiger partial charge on any atom is 0.254 e. The molecule has 78 valence electrons. The number of amides is 1. The fourth-order valence-corrected chi connectivity index (χ4v) is 1.50. The normalized spacial score (nSPS) is 15.7. The van der Waals surface area contributed by atoms with Crippen LogP contribution in [0.25, 0.3) is 0 Å². The number of carbonyl (C=O) groups is 1. The molecule has 0 aliphatic carbocycles. The van der Waals surface area contributed by atoms with Gasteiger partial charge < -0.3 is 5.73 Å². The summed E-state index contributed by atoms with van der Waals surface area (Å²) < 4.78 is 0.862. The highest BCUT2D eigenvalue weighted by Crippen LogP contribution is 2.19. The highest BCUT2D eigenvalue weighted by Gasteiger charge is 2.24. The quantitative estimate of drug-likeness (QED) is 0.866. The van der Waals surface area contributed by atoms with Crippen molar-refractivity contribution >= 4 is 33.4 Å². The molecule has 2 heterocycles. The number of hydrazone groups is 1. The van der Waals surface area contributed by atoms with Crippen LogP contribution in [0.5, 0.6) is 0 Å². The van der Waals surface area contributed by atoms with Gasteiger partial charge in [0.15, 0.2) is 5.82 Å². The van der Waals surface area contributed by atoms with Crippen LogP contribution in [0.15, 0.2) is 27.9 Å². The second-order valence-electron chi connectivity index (χ2n) is 3.09. The van der Waals surface area contributed by atoms with Gasteiger partial charge in [-0.1, -0.05) is 0 Å². The summed E-state index contributed by atoms with van der Waals surface area (Å²) in [4.78, 5) is 15.6. The van der Waals surface area contributed by atoms with Crippen molar-refractivity contribution in [2.75, 3.05) is 11.6 Å². The molecule has 2 rings (SSSR count).